The first-order chi connectivity index (χ1) is 14.2. The van der Waals surface area contributed by atoms with E-state index in [2.05, 4.69) is 26.1 Å². The van der Waals surface area contributed by atoms with E-state index in [9.17, 15) is 14.9 Å². The molecule has 0 aliphatic rings. The Kier molecular flexibility index (Phi) is 7.76. The summed E-state index contributed by atoms with van der Waals surface area (Å²) in [4.78, 5) is 24.2. The normalized spacial score (nSPS) is 11.4. The van der Waals surface area contributed by atoms with Crippen molar-refractivity contribution in [1.82, 2.24) is 0 Å². The van der Waals surface area contributed by atoms with Crippen LogP contribution in [0.15, 0.2) is 54.1 Å². The molecule has 1 amide bonds. The molecule has 0 spiro atoms. The van der Waals surface area contributed by atoms with Gasteiger partial charge in [-0.25, -0.2) is 4.79 Å². The summed E-state index contributed by atoms with van der Waals surface area (Å²) in [5.41, 5.74) is 2.22. The molecule has 0 aliphatic carbocycles. The van der Waals surface area contributed by atoms with Crippen LogP contribution in [0.2, 0.25) is 0 Å². The van der Waals surface area contributed by atoms with E-state index < -0.39 is 18.5 Å². The van der Waals surface area contributed by atoms with Crippen molar-refractivity contribution in [2.75, 3.05) is 18.5 Å². The minimum Gasteiger partial charge on any atom is -0.494 e. The Morgan fingerprint density at radius 2 is 1.70 bits per heavy atom. The minimum atomic E-state index is -0.857. The van der Waals surface area contributed by atoms with Gasteiger partial charge in [0.2, 0.25) is 0 Å². The first-order valence-electron chi connectivity index (χ1n) is 9.65. The molecule has 0 heterocycles. The van der Waals surface area contributed by atoms with Gasteiger partial charge in [0, 0.05) is 5.69 Å². The lowest BCUT2D eigenvalue weighted by atomic mass is 9.87. The molecule has 6 nitrogen and oxygen atoms in total. The van der Waals surface area contributed by atoms with E-state index in [0.717, 1.165) is 5.56 Å². The topological polar surface area (TPSA) is 88.4 Å². The van der Waals surface area contributed by atoms with Crippen LogP contribution in [0.25, 0.3) is 6.08 Å². The Balaban J connectivity index is 1.92. The Morgan fingerprint density at radius 1 is 1.07 bits per heavy atom. The number of esters is 1. The lowest BCUT2D eigenvalue weighted by Gasteiger charge is -2.19. The van der Waals surface area contributed by atoms with Crippen LogP contribution in [-0.2, 0) is 19.7 Å². The van der Waals surface area contributed by atoms with Gasteiger partial charge in [-0.2, -0.15) is 5.26 Å². The van der Waals surface area contributed by atoms with Gasteiger partial charge in [0.1, 0.15) is 17.4 Å². The quantitative estimate of drug-likeness (QED) is 0.416. The number of hydrogen-bond acceptors (Lipinski definition) is 5. The molecule has 0 atom stereocenters. The highest BCUT2D eigenvalue weighted by molar-refractivity contribution is 6.00. The monoisotopic (exact) mass is 406 g/mol. The minimum absolute atomic E-state index is 0.0153. The standard InChI is InChI=1S/C24H26N2O4/c1-5-29-21-12-6-17(7-13-21)14-18(15-25)23(28)30-16-22(27)26-20-10-8-19(9-11-20)24(2,3)4/h6-14H,5,16H2,1-4H3,(H,26,27)/b18-14+. The Morgan fingerprint density at radius 3 is 2.23 bits per heavy atom. The summed E-state index contributed by atoms with van der Waals surface area (Å²) in [5, 5.41) is 11.9. The van der Waals surface area contributed by atoms with E-state index in [1.807, 2.05) is 25.1 Å². The number of benzene rings is 2. The van der Waals surface area contributed by atoms with Gasteiger partial charge in [-0.05, 0) is 53.8 Å². The summed E-state index contributed by atoms with van der Waals surface area (Å²) in [6.45, 7) is 8.26. The molecule has 30 heavy (non-hydrogen) atoms. The van der Waals surface area contributed by atoms with E-state index in [1.165, 1.54) is 6.08 Å². The second-order valence-electron chi connectivity index (χ2n) is 7.62. The average Bonchev–Trinajstić information content (AvgIpc) is 2.71. The van der Waals surface area contributed by atoms with Gasteiger partial charge in [-0.1, -0.05) is 45.0 Å². The Bertz CT molecular complexity index is 947. The number of amides is 1. The van der Waals surface area contributed by atoms with Crippen LogP contribution in [0.3, 0.4) is 0 Å². The number of nitriles is 1. The van der Waals surface area contributed by atoms with E-state index in [4.69, 9.17) is 9.47 Å². The molecule has 0 aromatic heterocycles. The summed E-state index contributed by atoms with van der Waals surface area (Å²) in [5.74, 6) is -0.641. The largest absolute Gasteiger partial charge is 0.494 e. The third kappa shape index (κ3) is 6.78. The second kappa shape index (κ2) is 10.3. The predicted molar refractivity (Wildman–Crippen MR) is 116 cm³/mol. The molecule has 0 fully saturated rings. The van der Waals surface area contributed by atoms with Gasteiger partial charge < -0.3 is 14.8 Å². The average molecular weight is 406 g/mol. The molecular formula is C24H26N2O4. The molecule has 0 aliphatic heterocycles. The van der Waals surface area contributed by atoms with Crippen LogP contribution in [0.4, 0.5) is 5.69 Å². The fourth-order valence-corrected chi connectivity index (χ4v) is 2.59. The van der Waals surface area contributed by atoms with Crippen LogP contribution in [0, 0.1) is 11.3 Å². The Labute approximate surface area is 177 Å². The van der Waals surface area contributed by atoms with Crippen LogP contribution >= 0.6 is 0 Å². The molecule has 0 saturated carbocycles. The summed E-state index contributed by atoms with van der Waals surface area (Å²) in [6.07, 6.45) is 1.40. The van der Waals surface area contributed by atoms with E-state index >= 15 is 0 Å². The molecule has 2 aromatic carbocycles. The van der Waals surface area contributed by atoms with E-state index in [-0.39, 0.29) is 11.0 Å². The lowest BCUT2D eigenvalue weighted by molar-refractivity contribution is -0.142. The van der Waals surface area contributed by atoms with Crippen LogP contribution in [0.1, 0.15) is 38.8 Å². The first-order valence-corrected chi connectivity index (χ1v) is 9.65. The third-order valence-corrected chi connectivity index (χ3v) is 4.21. The van der Waals surface area contributed by atoms with Gasteiger partial charge in [0.15, 0.2) is 6.61 Å². The number of carbonyl (C=O) groups excluding carboxylic acids is 2. The number of rotatable bonds is 7. The molecule has 2 rings (SSSR count). The molecular weight excluding hydrogens is 380 g/mol. The molecule has 0 radical (unpaired) electrons. The van der Waals surface area contributed by atoms with Crippen molar-refractivity contribution in [3.8, 4) is 11.8 Å². The second-order valence-corrected chi connectivity index (χ2v) is 7.62. The highest BCUT2D eigenvalue weighted by Crippen LogP contribution is 2.23. The maximum atomic E-state index is 12.1. The third-order valence-electron chi connectivity index (χ3n) is 4.21. The van der Waals surface area contributed by atoms with Crippen molar-refractivity contribution < 1.29 is 19.1 Å². The fourth-order valence-electron chi connectivity index (χ4n) is 2.59. The summed E-state index contributed by atoms with van der Waals surface area (Å²) < 4.78 is 10.3. The maximum Gasteiger partial charge on any atom is 0.349 e. The van der Waals surface area contributed by atoms with Gasteiger partial charge in [-0.3, -0.25) is 4.79 Å². The SMILES string of the molecule is CCOc1ccc(/C=C(\C#N)C(=O)OCC(=O)Nc2ccc(C(C)(C)C)cc2)cc1. The summed E-state index contributed by atoms with van der Waals surface area (Å²) >= 11 is 0. The first kappa shape index (κ1) is 22.7. The number of anilines is 1. The molecule has 0 bridgehead atoms. The van der Waals surface area contributed by atoms with Gasteiger partial charge >= 0.3 is 5.97 Å². The predicted octanol–water partition coefficient (Wildman–Crippen LogP) is 4.47. The van der Waals surface area contributed by atoms with Crippen molar-refractivity contribution in [3.63, 3.8) is 0 Å². The highest BCUT2D eigenvalue weighted by atomic mass is 16.5. The van der Waals surface area contributed by atoms with Crippen molar-refractivity contribution >= 4 is 23.6 Å². The van der Waals surface area contributed by atoms with Crippen LogP contribution in [-0.4, -0.2) is 25.1 Å². The number of nitrogens with one attached hydrogen (secondary N) is 1. The zero-order valence-electron chi connectivity index (χ0n) is 17.7. The fraction of sp³-hybridized carbons (Fsp3) is 0.292. The van der Waals surface area contributed by atoms with Crippen molar-refractivity contribution in [2.24, 2.45) is 0 Å². The lowest BCUT2D eigenvalue weighted by Crippen LogP contribution is -2.21. The van der Waals surface area contributed by atoms with E-state index in [1.54, 1.807) is 36.4 Å². The number of nitrogens with zero attached hydrogens (tertiary/aromatic N) is 1. The van der Waals surface area contributed by atoms with Gasteiger partial charge in [0.05, 0.1) is 6.61 Å². The number of carbonyl (C=O) groups is 2. The molecule has 0 saturated heterocycles. The summed E-state index contributed by atoms with van der Waals surface area (Å²) in [7, 11) is 0. The van der Waals surface area contributed by atoms with Crippen LogP contribution < -0.4 is 10.1 Å². The molecule has 0 unspecified atom stereocenters. The zero-order valence-corrected chi connectivity index (χ0v) is 17.7. The zero-order chi connectivity index (χ0) is 22.1. The Hall–Kier alpha value is -3.59. The van der Waals surface area contributed by atoms with Gasteiger partial charge in [-0.15, -0.1) is 0 Å². The summed E-state index contributed by atoms with van der Waals surface area (Å²) in [6, 6.07) is 16.2. The molecule has 2 aromatic rings. The van der Waals surface area contributed by atoms with E-state index in [0.29, 0.717) is 23.6 Å². The van der Waals surface area contributed by atoms with Crippen molar-refractivity contribution in [3.05, 3.63) is 65.2 Å². The van der Waals surface area contributed by atoms with Gasteiger partial charge in [0.25, 0.3) is 5.91 Å². The molecule has 6 heteroatoms. The maximum absolute atomic E-state index is 12.1. The smallest absolute Gasteiger partial charge is 0.349 e. The van der Waals surface area contributed by atoms with Crippen molar-refractivity contribution in [1.29, 1.82) is 5.26 Å². The number of ether oxygens (including phenoxy) is 2. The number of hydrogen-bond donors (Lipinski definition) is 1. The molecule has 1 N–H and O–H groups in total. The highest BCUT2D eigenvalue weighted by Gasteiger charge is 2.15. The van der Waals surface area contributed by atoms with Crippen LogP contribution in [0.5, 0.6) is 5.75 Å². The van der Waals surface area contributed by atoms with Crippen molar-refractivity contribution in [2.45, 2.75) is 33.1 Å². The molecule has 156 valence electrons.